The molecule has 0 unspecified atom stereocenters. The van der Waals surface area contributed by atoms with Crippen LogP contribution >= 0.6 is 0 Å². The molecule has 1 fully saturated rings. The van der Waals surface area contributed by atoms with Crippen molar-refractivity contribution in [1.29, 1.82) is 0 Å². The molecule has 1 aliphatic rings. The van der Waals surface area contributed by atoms with Crippen molar-refractivity contribution in [2.75, 3.05) is 19.6 Å². The lowest BCUT2D eigenvalue weighted by molar-refractivity contribution is 0.0396. The summed E-state index contributed by atoms with van der Waals surface area (Å²) in [6, 6.07) is 0.0932. The van der Waals surface area contributed by atoms with Crippen LogP contribution in [0.4, 0.5) is 4.79 Å². The van der Waals surface area contributed by atoms with Crippen molar-refractivity contribution < 1.29 is 4.79 Å². The fraction of sp³-hybridized carbons (Fsp3) is 0.909. The van der Waals surface area contributed by atoms with Gasteiger partial charge in [0.15, 0.2) is 0 Å². The highest BCUT2D eigenvalue weighted by atomic mass is 16.2. The number of rotatable bonds is 3. The van der Waals surface area contributed by atoms with Gasteiger partial charge in [-0.1, -0.05) is 27.2 Å². The molecule has 2 amide bonds. The third-order valence-corrected chi connectivity index (χ3v) is 3.51. The molecule has 0 bridgehead atoms. The molecule has 1 N–H and O–H groups in total. The number of hydrogen-bond acceptors (Lipinski definition) is 1. The number of hydrogen-bond donors (Lipinski definition) is 1. The first kappa shape index (κ1) is 11.3. The van der Waals surface area contributed by atoms with Crippen LogP contribution in [0.3, 0.4) is 0 Å². The smallest absolute Gasteiger partial charge is 0.317 e. The molecule has 14 heavy (non-hydrogen) atoms. The number of nitrogens with one attached hydrogen (secondary N) is 1. The zero-order chi connectivity index (χ0) is 10.8. The van der Waals surface area contributed by atoms with Crippen LogP contribution in [0.25, 0.3) is 0 Å². The van der Waals surface area contributed by atoms with Gasteiger partial charge in [-0.05, 0) is 18.3 Å². The first-order chi connectivity index (χ1) is 6.51. The second-order valence-corrected chi connectivity index (χ2v) is 4.78. The van der Waals surface area contributed by atoms with Gasteiger partial charge in [-0.3, -0.25) is 0 Å². The third-order valence-electron chi connectivity index (χ3n) is 3.51. The molecule has 0 aromatic heterocycles. The summed E-state index contributed by atoms with van der Waals surface area (Å²) < 4.78 is 0. The molecule has 0 spiro atoms. The third kappa shape index (κ3) is 2.20. The van der Waals surface area contributed by atoms with E-state index < -0.39 is 0 Å². The number of carbonyl (C=O) groups is 1. The van der Waals surface area contributed by atoms with Crippen molar-refractivity contribution in [3.05, 3.63) is 0 Å². The maximum absolute atomic E-state index is 11.4. The molecule has 1 aliphatic heterocycles. The van der Waals surface area contributed by atoms with E-state index >= 15 is 0 Å². The summed E-state index contributed by atoms with van der Waals surface area (Å²) in [6.07, 6.45) is 1.18. The van der Waals surface area contributed by atoms with Crippen molar-refractivity contribution >= 4 is 6.03 Å². The normalized spacial score (nSPS) is 17.9. The summed E-state index contributed by atoms with van der Waals surface area (Å²) in [4.78, 5) is 13.3. The lowest BCUT2D eigenvalue weighted by atomic mass is 9.73. The summed E-state index contributed by atoms with van der Waals surface area (Å²) >= 11 is 0. The van der Waals surface area contributed by atoms with Crippen LogP contribution < -0.4 is 5.32 Å². The average molecular weight is 198 g/mol. The molecular formula is C11H22N2O. The van der Waals surface area contributed by atoms with Crippen molar-refractivity contribution in [2.24, 2.45) is 11.3 Å². The Balaban J connectivity index is 2.33. The largest absolute Gasteiger partial charge is 0.338 e. The van der Waals surface area contributed by atoms with Crippen LogP contribution in [0.5, 0.6) is 0 Å². The van der Waals surface area contributed by atoms with Crippen LogP contribution in [0.2, 0.25) is 0 Å². The Morgan fingerprint density at radius 2 is 2.00 bits per heavy atom. The maximum Gasteiger partial charge on any atom is 0.317 e. The van der Waals surface area contributed by atoms with Gasteiger partial charge >= 0.3 is 6.03 Å². The first-order valence-electron chi connectivity index (χ1n) is 5.54. The highest BCUT2D eigenvalue weighted by Crippen LogP contribution is 2.36. The van der Waals surface area contributed by atoms with Gasteiger partial charge in [-0.2, -0.15) is 0 Å². The molecule has 0 atom stereocenters. The van der Waals surface area contributed by atoms with Crippen molar-refractivity contribution in [2.45, 2.75) is 34.1 Å². The molecule has 3 nitrogen and oxygen atoms in total. The summed E-state index contributed by atoms with van der Waals surface area (Å²) in [6.45, 7) is 11.3. The zero-order valence-corrected chi connectivity index (χ0v) is 9.76. The monoisotopic (exact) mass is 198 g/mol. The minimum absolute atomic E-state index is 0.0932. The molecule has 82 valence electrons. The molecule has 0 radical (unpaired) electrons. The van der Waals surface area contributed by atoms with E-state index in [0.717, 1.165) is 19.6 Å². The van der Waals surface area contributed by atoms with Crippen LogP contribution in [0, 0.1) is 11.3 Å². The average Bonchev–Trinajstić information content (AvgIpc) is 2.01. The topological polar surface area (TPSA) is 32.3 Å². The number of carbonyl (C=O) groups excluding carboxylic acids is 1. The summed E-state index contributed by atoms with van der Waals surface area (Å²) in [7, 11) is 0. The highest BCUT2D eigenvalue weighted by molar-refractivity contribution is 5.74. The molecule has 1 saturated heterocycles. The second-order valence-electron chi connectivity index (χ2n) is 4.78. The van der Waals surface area contributed by atoms with E-state index in [-0.39, 0.29) is 6.03 Å². The number of nitrogens with zero attached hydrogens (tertiary/aromatic N) is 1. The number of amides is 2. The SMILES string of the molecule is CCNC(=O)N1CC(C(C)(C)CC)C1. The minimum atomic E-state index is 0.0932. The molecular weight excluding hydrogens is 176 g/mol. The lowest BCUT2D eigenvalue weighted by Crippen LogP contribution is -2.57. The van der Waals surface area contributed by atoms with Gasteiger partial charge in [0.25, 0.3) is 0 Å². The Morgan fingerprint density at radius 3 is 2.43 bits per heavy atom. The number of likely N-dealkylation sites (tertiary alicyclic amines) is 1. The van der Waals surface area contributed by atoms with Gasteiger partial charge in [0.1, 0.15) is 0 Å². The van der Waals surface area contributed by atoms with Crippen molar-refractivity contribution in [3.63, 3.8) is 0 Å². The zero-order valence-electron chi connectivity index (χ0n) is 9.76. The van der Waals surface area contributed by atoms with Gasteiger partial charge in [-0.15, -0.1) is 0 Å². The molecule has 0 aliphatic carbocycles. The second kappa shape index (κ2) is 4.20. The fourth-order valence-electron chi connectivity index (χ4n) is 1.69. The van der Waals surface area contributed by atoms with E-state index in [9.17, 15) is 4.79 Å². The summed E-state index contributed by atoms with van der Waals surface area (Å²) in [5, 5.41) is 2.82. The minimum Gasteiger partial charge on any atom is -0.338 e. The van der Waals surface area contributed by atoms with E-state index in [1.807, 2.05) is 11.8 Å². The highest BCUT2D eigenvalue weighted by Gasteiger charge is 2.39. The molecule has 0 aromatic rings. The van der Waals surface area contributed by atoms with Gasteiger partial charge in [0.2, 0.25) is 0 Å². The molecule has 1 rings (SSSR count). The van der Waals surface area contributed by atoms with Crippen LogP contribution in [-0.2, 0) is 0 Å². The maximum atomic E-state index is 11.4. The van der Waals surface area contributed by atoms with Crippen LogP contribution in [0.1, 0.15) is 34.1 Å². The molecule has 1 heterocycles. The van der Waals surface area contributed by atoms with E-state index in [1.165, 1.54) is 6.42 Å². The molecule has 3 heteroatoms. The van der Waals surface area contributed by atoms with Crippen molar-refractivity contribution in [1.82, 2.24) is 10.2 Å². The predicted molar refractivity (Wildman–Crippen MR) is 58.2 cm³/mol. The quantitative estimate of drug-likeness (QED) is 0.740. The standard InChI is InChI=1S/C11H22N2O/c1-5-11(3,4)9-7-13(8-9)10(14)12-6-2/h9H,5-8H2,1-4H3,(H,12,14). The Kier molecular flexibility index (Phi) is 3.40. The van der Waals surface area contributed by atoms with E-state index in [1.54, 1.807) is 0 Å². The van der Waals surface area contributed by atoms with Gasteiger partial charge < -0.3 is 10.2 Å². The molecule has 0 saturated carbocycles. The van der Waals surface area contributed by atoms with Crippen molar-refractivity contribution in [3.8, 4) is 0 Å². The van der Waals surface area contributed by atoms with E-state index in [4.69, 9.17) is 0 Å². The van der Waals surface area contributed by atoms with Gasteiger partial charge in [-0.25, -0.2) is 4.79 Å². The Morgan fingerprint density at radius 1 is 1.43 bits per heavy atom. The molecule has 0 aromatic carbocycles. The van der Waals surface area contributed by atoms with Gasteiger partial charge in [0.05, 0.1) is 0 Å². The fourth-order valence-corrected chi connectivity index (χ4v) is 1.69. The number of urea groups is 1. The predicted octanol–water partition coefficient (Wildman–Crippen LogP) is 2.08. The van der Waals surface area contributed by atoms with Crippen LogP contribution in [-0.4, -0.2) is 30.6 Å². The van der Waals surface area contributed by atoms with E-state index in [2.05, 4.69) is 26.1 Å². The van der Waals surface area contributed by atoms with Gasteiger partial charge in [0, 0.05) is 19.6 Å². The first-order valence-corrected chi connectivity index (χ1v) is 5.54. The lowest BCUT2D eigenvalue weighted by Gasteiger charge is -2.47. The Bertz CT molecular complexity index is 207. The Hall–Kier alpha value is -0.730. The summed E-state index contributed by atoms with van der Waals surface area (Å²) in [5.74, 6) is 0.676. The van der Waals surface area contributed by atoms with E-state index in [0.29, 0.717) is 11.3 Å². The van der Waals surface area contributed by atoms with Crippen LogP contribution in [0.15, 0.2) is 0 Å². The summed E-state index contributed by atoms with van der Waals surface area (Å²) in [5.41, 5.74) is 0.378. The Labute approximate surface area is 86.9 Å².